The van der Waals surface area contributed by atoms with Crippen LogP contribution >= 0.6 is 24.0 Å². The van der Waals surface area contributed by atoms with E-state index in [2.05, 4.69) is 66.5 Å². The molecule has 2 aliphatic rings. The molecule has 0 radical (unpaired) electrons. The molecule has 2 aliphatic heterocycles. The highest BCUT2D eigenvalue weighted by Crippen LogP contribution is 2.24. The van der Waals surface area contributed by atoms with Crippen LogP contribution in [-0.4, -0.2) is 77.7 Å². The second-order valence-electron chi connectivity index (χ2n) is 8.62. The van der Waals surface area contributed by atoms with Gasteiger partial charge in [-0.15, -0.1) is 24.0 Å². The summed E-state index contributed by atoms with van der Waals surface area (Å²) in [4.78, 5) is 17.5. The topological polar surface area (TPSA) is 68.8 Å². The largest absolute Gasteiger partial charge is 0.373 e. The van der Waals surface area contributed by atoms with Gasteiger partial charge in [0.15, 0.2) is 5.96 Å². The van der Waals surface area contributed by atoms with Crippen LogP contribution in [-0.2, 0) is 17.7 Å². The lowest BCUT2D eigenvalue weighted by molar-refractivity contribution is -0.0502. The van der Waals surface area contributed by atoms with E-state index < -0.39 is 0 Å². The molecular weight excluding hydrogens is 527 g/mol. The molecule has 8 heteroatoms. The normalized spacial score (nSPS) is 21.1. The first kappa shape index (κ1) is 24.0. The Morgan fingerprint density at radius 1 is 1.15 bits per heavy atom. The summed E-state index contributed by atoms with van der Waals surface area (Å²) in [6.45, 7) is 5.45. The molecular formula is C25H33IN6O. The predicted octanol–water partition coefficient (Wildman–Crippen LogP) is 3.27. The van der Waals surface area contributed by atoms with E-state index in [0.717, 1.165) is 75.0 Å². The maximum absolute atomic E-state index is 6.13. The molecule has 2 aromatic carbocycles. The molecule has 3 aromatic rings. The number of aromatic amines is 1. The van der Waals surface area contributed by atoms with Gasteiger partial charge in [-0.25, -0.2) is 4.98 Å². The van der Waals surface area contributed by atoms with Gasteiger partial charge < -0.3 is 19.9 Å². The smallest absolute Gasteiger partial charge is 0.193 e. The van der Waals surface area contributed by atoms with Gasteiger partial charge in [0, 0.05) is 46.2 Å². The van der Waals surface area contributed by atoms with Crippen LogP contribution < -0.4 is 5.32 Å². The monoisotopic (exact) mass is 560 g/mol. The molecule has 5 rings (SSSR count). The fourth-order valence-electron chi connectivity index (χ4n) is 4.86. The highest BCUT2D eigenvalue weighted by Gasteiger charge is 2.41. The number of ether oxygens (including phenoxy) is 1. The third-order valence-electron chi connectivity index (χ3n) is 6.47. The average Bonchev–Trinajstić information content (AvgIpc) is 3.44. The van der Waals surface area contributed by atoms with Crippen LogP contribution in [0.25, 0.3) is 11.0 Å². The number of benzene rings is 2. The van der Waals surface area contributed by atoms with Crippen molar-refractivity contribution in [1.29, 1.82) is 0 Å². The predicted molar refractivity (Wildman–Crippen MR) is 143 cm³/mol. The molecule has 0 aliphatic carbocycles. The third kappa shape index (κ3) is 5.67. The number of fused-ring (bicyclic) bond motifs is 2. The summed E-state index contributed by atoms with van der Waals surface area (Å²) in [6.07, 6.45) is 2.15. The lowest BCUT2D eigenvalue weighted by atomic mass is 10.1. The molecule has 2 unspecified atom stereocenters. The Bertz CT molecular complexity index is 1020. The van der Waals surface area contributed by atoms with Gasteiger partial charge in [0.25, 0.3) is 0 Å². The SMILES string of the molecule is CN=C(NCCCc1nc2ccccc2[nH]1)N1CC2OCCN(Cc3ccccc3)C2C1.I. The molecule has 0 spiro atoms. The number of likely N-dealkylation sites (tertiary alicyclic amines) is 1. The zero-order valence-electron chi connectivity index (χ0n) is 19.1. The average molecular weight is 560 g/mol. The van der Waals surface area contributed by atoms with Gasteiger partial charge in [0.1, 0.15) is 5.82 Å². The van der Waals surface area contributed by atoms with Crippen LogP contribution in [0.2, 0.25) is 0 Å². The Morgan fingerprint density at radius 3 is 2.79 bits per heavy atom. The van der Waals surface area contributed by atoms with E-state index in [9.17, 15) is 0 Å². The first-order valence-corrected chi connectivity index (χ1v) is 11.6. The van der Waals surface area contributed by atoms with Crippen molar-refractivity contribution in [2.45, 2.75) is 31.5 Å². The van der Waals surface area contributed by atoms with E-state index in [0.29, 0.717) is 6.04 Å². The van der Waals surface area contributed by atoms with Gasteiger partial charge in [-0.1, -0.05) is 42.5 Å². The van der Waals surface area contributed by atoms with E-state index >= 15 is 0 Å². The summed E-state index contributed by atoms with van der Waals surface area (Å²) in [7, 11) is 1.87. The minimum absolute atomic E-state index is 0. The molecule has 0 saturated carbocycles. The number of H-pyrrole nitrogens is 1. The summed E-state index contributed by atoms with van der Waals surface area (Å²) in [5.74, 6) is 2.01. The number of rotatable bonds is 6. The van der Waals surface area contributed by atoms with Crippen molar-refractivity contribution in [2.24, 2.45) is 4.99 Å². The first-order chi connectivity index (χ1) is 15.8. The molecule has 2 saturated heterocycles. The van der Waals surface area contributed by atoms with Gasteiger partial charge in [-0.3, -0.25) is 9.89 Å². The summed E-state index contributed by atoms with van der Waals surface area (Å²) in [6, 6.07) is 19.3. The zero-order valence-corrected chi connectivity index (χ0v) is 21.4. The van der Waals surface area contributed by atoms with Crippen LogP contribution in [0.5, 0.6) is 0 Å². The van der Waals surface area contributed by atoms with E-state index in [1.165, 1.54) is 5.56 Å². The van der Waals surface area contributed by atoms with E-state index in [4.69, 9.17) is 4.74 Å². The number of halogens is 1. The first-order valence-electron chi connectivity index (χ1n) is 11.6. The second kappa shape index (κ2) is 11.3. The molecule has 2 fully saturated rings. The number of aryl methyl sites for hydroxylation is 1. The highest BCUT2D eigenvalue weighted by molar-refractivity contribution is 14.0. The van der Waals surface area contributed by atoms with Crippen molar-refractivity contribution < 1.29 is 4.74 Å². The van der Waals surface area contributed by atoms with Gasteiger partial charge >= 0.3 is 0 Å². The summed E-state index contributed by atoms with van der Waals surface area (Å²) < 4.78 is 6.13. The fourth-order valence-corrected chi connectivity index (χ4v) is 4.86. The van der Waals surface area contributed by atoms with Crippen molar-refractivity contribution in [3.05, 3.63) is 66.0 Å². The van der Waals surface area contributed by atoms with E-state index in [-0.39, 0.29) is 30.1 Å². The van der Waals surface area contributed by atoms with Crippen LogP contribution in [0, 0.1) is 0 Å². The molecule has 0 bridgehead atoms. The van der Waals surface area contributed by atoms with E-state index in [1.54, 1.807) is 0 Å². The zero-order chi connectivity index (χ0) is 21.8. The quantitative estimate of drug-likeness (QED) is 0.210. The van der Waals surface area contributed by atoms with Crippen LogP contribution in [0.3, 0.4) is 0 Å². The van der Waals surface area contributed by atoms with Crippen molar-refractivity contribution in [3.8, 4) is 0 Å². The van der Waals surface area contributed by atoms with Gasteiger partial charge in [-0.05, 0) is 24.1 Å². The minimum atomic E-state index is 0. The number of aromatic nitrogens is 2. The van der Waals surface area contributed by atoms with Crippen molar-refractivity contribution in [2.75, 3.05) is 39.8 Å². The van der Waals surface area contributed by atoms with Gasteiger partial charge in [0.2, 0.25) is 0 Å². The molecule has 7 nitrogen and oxygen atoms in total. The molecule has 33 heavy (non-hydrogen) atoms. The second-order valence-corrected chi connectivity index (χ2v) is 8.62. The summed E-state index contributed by atoms with van der Waals surface area (Å²) >= 11 is 0. The maximum Gasteiger partial charge on any atom is 0.193 e. The number of nitrogens with zero attached hydrogens (tertiary/aromatic N) is 4. The van der Waals surface area contributed by atoms with Crippen molar-refractivity contribution in [3.63, 3.8) is 0 Å². The third-order valence-corrected chi connectivity index (χ3v) is 6.47. The number of hydrogen-bond donors (Lipinski definition) is 2. The number of hydrogen-bond acceptors (Lipinski definition) is 4. The Labute approximate surface area is 212 Å². The summed E-state index contributed by atoms with van der Waals surface area (Å²) in [5, 5.41) is 3.55. The maximum atomic E-state index is 6.13. The standard InChI is InChI=1S/C25H32N6O.HI/c1-26-25(27-13-7-12-24-28-20-10-5-6-11-21(20)29-24)31-17-22-23(18-31)32-15-14-30(22)16-19-8-3-2-4-9-19;/h2-6,8-11,22-23H,7,12-18H2,1H3,(H,26,27)(H,28,29);1H. The summed E-state index contributed by atoms with van der Waals surface area (Å²) in [5.41, 5.74) is 3.50. The lowest BCUT2D eigenvalue weighted by Gasteiger charge is -2.36. The lowest BCUT2D eigenvalue weighted by Crippen LogP contribution is -2.50. The number of aliphatic imine (C=N–C) groups is 1. The number of guanidine groups is 1. The van der Waals surface area contributed by atoms with E-state index in [1.807, 2.05) is 25.2 Å². The Balaban J connectivity index is 0.00000259. The molecule has 3 heterocycles. The molecule has 1 aromatic heterocycles. The molecule has 176 valence electrons. The molecule has 2 atom stereocenters. The van der Waals surface area contributed by atoms with Crippen molar-refractivity contribution in [1.82, 2.24) is 25.1 Å². The van der Waals surface area contributed by atoms with Gasteiger partial charge in [-0.2, -0.15) is 0 Å². The Kier molecular flexibility index (Phi) is 8.21. The highest BCUT2D eigenvalue weighted by atomic mass is 127. The van der Waals surface area contributed by atoms with Crippen LogP contribution in [0.15, 0.2) is 59.6 Å². The van der Waals surface area contributed by atoms with Gasteiger partial charge in [0.05, 0.1) is 29.8 Å². The number of para-hydroxylation sites is 2. The minimum Gasteiger partial charge on any atom is -0.373 e. The number of morpholine rings is 1. The molecule has 0 amide bonds. The van der Waals surface area contributed by atoms with Crippen LogP contribution in [0.4, 0.5) is 0 Å². The van der Waals surface area contributed by atoms with Crippen molar-refractivity contribution >= 4 is 41.0 Å². The Hall–Kier alpha value is -2.17. The number of nitrogens with one attached hydrogen (secondary N) is 2. The van der Waals surface area contributed by atoms with Crippen LogP contribution in [0.1, 0.15) is 17.8 Å². The fraction of sp³-hybridized carbons (Fsp3) is 0.440. The number of imidazole rings is 1. The Morgan fingerprint density at radius 2 is 1.97 bits per heavy atom. The molecule has 2 N–H and O–H groups in total.